The Bertz CT molecular complexity index is 1650. The Hall–Kier alpha value is -3.82. The molecule has 1 saturated heterocycles. The molecule has 0 aromatic heterocycles. The molecular weight excluding hydrogens is 801 g/mol. The molecule has 1 aliphatic heterocycles. The Morgan fingerprint density at radius 2 is 1.42 bits per heavy atom. The SMILES string of the molecule is C/C=C(/C)C(=O)O[C@H]1C(C)=C2[C@H]([C@@H]1OC(=O)CCCCCCC)[C@@](C)(OC(C)=O)C[C@H](OC(=O)CCCCC(CCCCCC)NC(=O)[C@@H](N)C(C)C)[C@@]1(O)[C@H]2OC(=O)[C@@]1(C)O. The van der Waals surface area contributed by atoms with Crippen molar-refractivity contribution in [3.8, 4) is 0 Å². The molecule has 1 amide bonds. The average molecular weight is 877 g/mol. The topological polar surface area (TPSA) is 227 Å². The maximum absolute atomic E-state index is 13.8. The van der Waals surface area contributed by atoms with Gasteiger partial charge in [0.05, 0.1) is 12.0 Å². The van der Waals surface area contributed by atoms with Gasteiger partial charge in [-0.15, -0.1) is 0 Å². The highest BCUT2D eigenvalue weighted by Gasteiger charge is 2.76. The lowest BCUT2D eigenvalue weighted by Crippen LogP contribution is -2.64. The maximum atomic E-state index is 13.8. The molecule has 15 nitrogen and oxygen atoms in total. The summed E-state index contributed by atoms with van der Waals surface area (Å²) in [4.78, 5) is 80.1. The molecule has 3 aliphatic rings. The molecule has 0 bridgehead atoms. The van der Waals surface area contributed by atoms with Gasteiger partial charge in [0, 0.05) is 37.8 Å². The summed E-state index contributed by atoms with van der Waals surface area (Å²) in [6, 6.07) is -0.794. The second-order valence-corrected chi connectivity index (χ2v) is 18.4. The van der Waals surface area contributed by atoms with Crippen LogP contribution < -0.4 is 11.1 Å². The number of aliphatic hydroxyl groups is 2. The molecule has 1 heterocycles. The Morgan fingerprint density at radius 1 is 0.871 bits per heavy atom. The fourth-order valence-corrected chi connectivity index (χ4v) is 9.06. The molecule has 5 N–H and O–H groups in total. The standard InChI is InChI=1S/C47H76N2O13/c1-11-14-16-18-20-25-35(52)59-40-37-36(30(7)39(40)60-43(54)29(6)13-3)41-47(57,46(10,56)44(55)61-41)33(27-45(37,9)62-31(8)50)58-34(51)26-22-21-24-32(23-19-17-15-12-2)49-42(53)38(48)28(4)5/h13,28,32-33,37-41,56-57H,11-12,14-27,48H2,1-10H3,(H,49,53)/b29-13-/t32?,33-,37+,38-,39-,40-,41-,45-,46+,47+/m0/s1. The lowest BCUT2D eigenvalue weighted by Gasteiger charge is -2.41. The van der Waals surface area contributed by atoms with Crippen molar-refractivity contribution in [2.75, 3.05) is 0 Å². The smallest absolute Gasteiger partial charge is 0.341 e. The Morgan fingerprint density at radius 3 is 1.98 bits per heavy atom. The first-order valence-corrected chi connectivity index (χ1v) is 23.0. The fourth-order valence-electron chi connectivity index (χ4n) is 9.06. The number of nitrogens with one attached hydrogen (secondary N) is 1. The third-order valence-electron chi connectivity index (χ3n) is 13.0. The summed E-state index contributed by atoms with van der Waals surface area (Å²) in [6.45, 7) is 16.5. The number of hydrogen-bond acceptors (Lipinski definition) is 14. The highest BCUT2D eigenvalue weighted by molar-refractivity contribution is 5.88. The van der Waals surface area contributed by atoms with E-state index in [-0.39, 0.29) is 47.4 Å². The largest absolute Gasteiger partial charge is 0.459 e. The number of carbonyl (C=O) groups is 6. The molecule has 0 aromatic rings. The number of allylic oxidation sites excluding steroid dienone is 1. The molecule has 0 aromatic carbocycles. The van der Waals surface area contributed by atoms with Crippen molar-refractivity contribution in [3.05, 3.63) is 22.8 Å². The maximum Gasteiger partial charge on any atom is 0.341 e. The van der Waals surface area contributed by atoms with E-state index in [1.54, 1.807) is 26.8 Å². The van der Waals surface area contributed by atoms with Crippen molar-refractivity contribution in [1.29, 1.82) is 0 Å². The molecule has 3 rings (SSSR count). The molecule has 2 aliphatic carbocycles. The van der Waals surface area contributed by atoms with Gasteiger partial charge < -0.3 is 44.9 Å². The third-order valence-corrected chi connectivity index (χ3v) is 13.0. The summed E-state index contributed by atoms with van der Waals surface area (Å²) in [5, 5.41) is 27.7. The van der Waals surface area contributed by atoms with E-state index in [0.717, 1.165) is 64.7 Å². The highest BCUT2D eigenvalue weighted by atomic mass is 16.6. The van der Waals surface area contributed by atoms with Crippen LogP contribution in [0.5, 0.6) is 0 Å². The summed E-state index contributed by atoms with van der Waals surface area (Å²) < 4.78 is 30.0. The minimum Gasteiger partial charge on any atom is -0.459 e. The first-order chi connectivity index (χ1) is 29.1. The summed E-state index contributed by atoms with van der Waals surface area (Å²) in [6.07, 6.45) is 5.65. The number of esters is 5. The van der Waals surface area contributed by atoms with Gasteiger partial charge in [-0.1, -0.05) is 91.6 Å². The predicted molar refractivity (Wildman–Crippen MR) is 231 cm³/mol. The van der Waals surface area contributed by atoms with Gasteiger partial charge in [0.2, 0.25) is 5.91 Å². The van der Waals surface area contributed by atoms with Crippen LogP contribution in [0.2, 0.25) is 0 Å². The van der Waals surface area contributed by atoms with Crippen LogP contribution in [0.25, 0.3) is 0 Å². The lowest BCUT2D eigenvalue weighted by atomic mass is 9.75. The molecule has 2 fully saturated rings. The van der Waals surface area contributed by atoms with E-state index in [9.17, 15) is 39.0 Å². The van der Waals surface area contributed by atoms with E-state index in [2.05, 4.69) is 19.2 Å². The van der Waals surface area contributed by atoms with Gasteiger partial charge >= 0.3 is 29.8 Å². The monoisotopic (exact) mass is 877 g/mol. The van der Waals surface area contributed by atoms with Crippen LogP contribution >= 0.6 is 0 Å². The van der Waals surface area contributed by atoms with Crippen molar-refractivity contribution in [1.82, 2.24) is 5.32 Å². The van der Waals surface area contributed by atoms with Crippen LogP contribution in [0, 0.1) is 11.8 Å². The van der Waals surface area contributed by atoms with Crippen molar-refractivity contribution < 1.29 is 62.7 Å². The second kappa shape index (κ2) is 23.2. The normalized spacial score (nSPS) is 29.2. The average Bonchev–Trinajstić information content (AvgIpc) is 3.54. The molecular formula is C47H76N2O13. The molecule has 1 unspecified atom stereocenters. The fraction of sp³-hybridized carbons (Fsp3) is 0.787. The molecule has 15 heteroatoms. The van der Waals surface area contributed by atoms with Crippen LogP contribution in [-0.2, 0) is 52.5 Å². The molecule has 0 spiro atoms. The van der Waals surface area contributed by atoms with Gasteiger partial charge in [0.25, 0.3) is 0 Å². The number of carbonyl (C=O) groups excluding carboxylic acids is 6. The molecule has 10 atom stereocenters. The molecule has 62 heavy (non-hydrogen) atoms. The summed E-state index contributed by atoms with van der Waals surface area (Å²) in [5.74, 6) is -5.49. The number of unbranched alkanes of at least 4 members (excludes halogenated alkanes) is 8. The van der Waals surface area contributed by atoms with Crippen LogP contribution in [0.1, 0.15) is 172 Å². The Labute approximate surface area is 368 Å². The number of nitrogens with two attached hydrogens (primary N) is 1. The van der Waals surface area contributed by atoms with E-state index in [1.807, 2.05) is 13.8 Å². The van der Waals surface area contributed by atoms with E-state index >= 15 is 0 Å². The molecule has 1 saturated carbocycles. The quantitative estimate of drug-likeness (QED) is 0.0282. The first-order valence-electron chi connectivity index (χ1n) is 23.0. The van der Waals surface area contributed by atoms with E-state index < -0.39 is 89.4 Å². The van der Waals surface area contributed by atoms with Gasteiger partial charge in [-0.2, -0.15) is 0 Å². The van der Waals surface area contributed by atoms with Crippen molar-refractivity contribution in [2.45, 2.75) is 225 Å². The van der Waals surface area contributed by atoms with Gasteiger partial charge in [0.15, 0.2) is 29.5 Å². The van der Waals surface area contributed by atoms with Gasteiger partial charge in [-0.05, 0) is 77.4 Å². The molecule has 0 radical (unpaired) electrons. The van der Waals surface area contributed by atoms with Gasteiger partial charge in [0.1, 0.15) is 11.7 Å². The van der Waals surface area contributed by atoms with E-state index in [4.69, 9.17) is 29.4 Å². The summed E-state index contributed by atoms with van der Waals surface area (Å²) in [7, 11) is 0. The number of ether oxygens (including phenoxy) is 5. The second-order valence-electron chi connectivity index (χ2n) is 18.4. The van der Waals surface area contributed by atoms with E-state index in [1.165, 1.54) is 13.8 Å². The van der Waals surface area contributed by atoms with Crippen molar-refractivity contribution in [3.63, 3.8) is 0 Å². The number of amides is 1. The third kappa shape index (κ3) is 12.5. The zero-order chi connectivity index (χ0) is 46.6. The highest BCUT2D eigenvalue weighted by Crippen LogP contribution is 2.57. The zero-order valence-electron chi connectivity index (χ0n) is 39.0. The van der Waals surface area contributed by atoms with Gasteiger partial charge in [-0.3, -0.25) is 19.2 Å². The molecule has 352 valence electrons. The summed E-state index contributed by atoms with van der Waals surface area (Å²) >= 11 is 0. The van der Waals surface area contributed by atoms with E-state index in [0.29, 0.717) is 25.7 Å². The minimum atomic E-state index is -2.65. The number of hydrogen-bond donors (Lipinski definition) is 4. The summed E-state index contributed by atoms with van der Waals surface area (Å²) in [5.41, 5.74) is -0.304. The minimum absolute atomic E-state index is 0.0369. The van der Waals surface area contributed by atoms with Crippen LogP contribution in [0.4, 0.5) is 0 Å². The van der Waals surface area contributed by atoms with Crippen LogP contribution in [-0.4, -0.2) is 99.3 Å². The van der Waals surface area contributed by atoms with Crippen LogP contribution in [0.15, 0.2) is 22.8 Å². The number of rotatable bonds is 24. The lowest BCUT2D eigenvalue weighted by molar-refractivity contribution is -0.212. The van der Waals surface area contributed by atoms with Gasteiger partial charge in [-0.25, -0.2) is 9.59 Å². The zero-order valence-corrected chi connectivity index (χ0v) is 39.0. The Kier molecular flexibility index (Phi) is 19.7. The van der Waals surface area contributed by atoms with Crippen molar-refractivity contribution in [2.24, 2.45) is 17.6 Å². The predicted octanol–water partition coefficient (Wildman–Crippen LogP) is 6.13. The van der Waals surface area contributed by atoms with Crippen molar-refractivity contribution >= 4 is 35.8 Å². The van der Waals surface area contributed by atoms with Crippen LogP contribution in [0.3, 0.4) is 0 Å². The Balaban J connectivity index is 2.00. The first kappa shape index (κ1) is 52.5. The number of fused-ring (bicyclic) bond motifs is 3.